The number of hydrogen-bond acceptors (Lipinski definition) is 6. The summed E-state index contributed by atoms with van der Waals surface area (Å²) in [4.78, 5) is 23.0. The van der Waals surface area contributed by atoms with Crippen LogP contribution in [0.25, 0.3) is 0 Å². The average molecular weight is 379 g/mol. The van der Waals surface area contributed by atoms with Gasteiger partial charge in [-0.2, -0.15) is 10.5 Å². The largest absolute Gasteiger partial charge is 0.311 e. The fourth-order valence-corrected chi connectivity index (χ4v) is 3.74. The topological polar surface area (TPSA) is 93.7 Å². The molecule has 0 saturated carbocycles. The standard InChI is InChI=1S/C20H21N5OS/c1-13-8-14(2)10-17(9-13)25(7-5-6-21)19(26)12-27-20-18(11-22)15(3)23-16(4)24-20/h8-10H,5,7,12H2,1-4H3. The predicted molar refractivity (Wildman–Crippen MR) is 105 cm³/mol. The molecule has 0 fully saturated rings. The van der Waals surface area contributed by atoms with Crippen LogP contribution in [0.5, 0.6) is 0 Å². The maximum atomic E-state index is 12.9. The van der Waals surface area contributed by atoms with E-state index in [4.69, 9.17) is 5.26 Å². The Morgan fingerprint density at radius 2 is 1.78 bits per heavy atom. The van der Waals surface area contributed by atoms with E-state index in [9.17, 15) is 10.1 Å². The SMILES string of the molecule is Cc1cc(C)cc(N(CCC#N)C(=O)CSc2nc(C)nc(C)c2C#N)c1. The van der Waals surface area contributed by atoms with Crippen LogP contribution in [0.4, 0.5) is 5.69 Å². The van der Waals surface area contributed by atoms with Gasteiger partial charge >= 0.3 is 0 Å². The fourth-order valence-electron chi connectivity index (χ4n) is 2.79. The lowest BCUT2D eigenvalue weighted by Gasteiger charge is -2.23. The second kappa shape index (κ2) is 9.16. The van der Waals surface area contributed by atoms with Crippen LogP contribution >= 0.6 is 11.8 Å². The van der Waals surface area contributed by atoms with Crippen LogP contribution in [-0.4, -0.2) is 28.2 Å². The Morgan fingerprint density at radius 1 is 1.11 bits per heavy atom. The van der Waals surface area contributed by atoms with Crippen LogP contribution in [0.15, 0.2) is 23.2 Å². The third kappa shape index (κ3) is 5.29. The molecule has 0 aliphatic heterocycles. The fraction of sp³-hybridized carbons (Fsp3) is 0.350. The number of carbonyl (C=O) groups is 1. The van der Waals surface area contributed by atoms with Crippen molar-refractivity contribution in [1.82, 2.24) is 9.97 Å². The summed E-state index contributed by atoms with van der Waals surface area (Å²) in [7, 11) is 0. The highest BCUT2D eigenvalue weighted by atomic mass is 32.2. The van der Waals surface area contributed by atoms with Gasteiger partial charge in [0.15, 0.2) is 0 Å². The number of amides is 1. The highest BCUT2D eigenvalue weighted by molar-refractivity contribution is 8.00. The minimum absolute atomic E-state index is 0.127. The van der Waals surface area contributed by atoms with Gasteiger partial charge < -0.3 is 4.90 Å². The molecule has 0 bridgehead atoms. The number of rotatable bonds is 6. The first kappa shape index (κ1) is 20.4. The number of aryl methyl sites for hydroxylation is 4. The van der Waals surface area contributed by atoms with Crippen molar-refractivity contribution < 1.29 is 4.79 Å². The van der Waals surface area contributed by atoms with Gasteiger partial charge in [-0.1, -0.05) is 17.8 Å². The summed E-state index contributed by atoms with van der Waals surface area (Å²) in [5, 5.41) is 18.8. The molecule has 0 saturated heterocycles. The zero-order valence-corrected chi connectivity index (χ0v) is 16.7. The lowest BCUT2D eigenvalue weighted by molar-refractivity contribution is -0.116. The number of thioether (sulfide) groups is 1. The van der Waals surface area contributed by atoms with E-state index < -0.39 is 0 Å². The Bertz CT molecular complexity index is 922. The zero-order valence-electron chi connectivity index (χ0n) is 15.9. The van der Waals surface area contributed by atoms with Gasteiger partial charge in [0.1, 0.15) is 22.5 Å². The van der Waals surface area contributed by atoms with Gasteiger partial charge in [0.25, 0.3) is 0 Å². The molecule has 138 valence electrons. The summed E-state index contributed by atoms with van der Waals surface area (Å²) in [6.45, 7) is 7.79. The van der Waals surface area contributed by atoms with Crippen LogP contribution in [-0.2, 0) is 4.79 Å². The molecule has 27 heavy (non-hydrogen) atoms. The van der Waals surface area contributed by atoms with E-state index in [1.165, 1.54) is 11.8 Å². The van der Waals surface area contributed by atoms with E-state index in [1.807, 2.05) is 32.0 Å². The summed E-state index contributed by atoms with van der Waals surface area (Å²) in [6, 6.07) is 10.1. The van der Waals surface area contributed by atoms with E-state index in [-0.39, 0.29) is 18.1 Å². The molecule has 0 radical (unpaired) electrons. The maximum absolute atomic E-state index is 12.9. The Balaban J connectivity index is 2.25. The first-order valence-electron chi connectivity index (χ1n) is 8.49. The molecule has 1 amide bonds. The summed E-state index contributed by atoms with van der Waals surface area (Å²) in [5.74, 6) is 0.568. The predicted octanol–water partition coefficient (Wildman–Crippen LogP) is 3.62. The highest BCUT2D eigenvalue weighted by Gasteiger charge is 2.19. The Hall–Kier alpha value is -2.90. The van der Waals surface area contributed by atoms with Crippen LogP contribution in [0, 0.1) is 50.4 Å². The highest BCUT2D eigenvalue weighted by Crippen LogP contribution is 2.25. The second-order valence-electron chi connectivity index (χ2n) is 6.24. The van der Waals surface area contributed by atoms with Crippen molar-refractivity contribution >= 4 is 23.4 Å². The lowest BCUT2D eigenvalue weighted by Crippen LogP contribution is -2.33. The molecule has 0 atom stereocenters. The zero-order chi connectivity index (χ0) is 20.0. The molecular weight excluding hydrogens is 358 g/mol. The monoisotopic (exact) mass is 379 g/mol. The van der Waals surface area contributed by atoms with Crippen LogP contribution in [0.3, 0.4) is 0 Å². The average Bonchev–Trinajstić information content (AvgIpc) is 2.59. The molecule has 7 heteroatoms. The van der Waals surface area contributed by atoms with Gasteiger partial charge in [0.2, 0.25) is 5.91 Å². The van der Waals surface area contributed by atoms with Crippen molar-refractivity contribution in [3.8, 4) is 12.1 Å². The Kier molecular flexibility index (Phi) is 6.92. The maximum Gasteiger partial charge on any atom is 0.237 e. The van der Waals surface area contributed by atoms with Gasteiger partial charge in [0, 0.05) is 12.2 Å². The van der Waals surface area contributed by atoms with Crippen LogP contribution in [0.1, 0.15) is 34.6 Å². The molecule has 1 aromatic heterocycles. The summed E-state index contributed by atoms with van der Waals surface area (Å²) in [5.41, 5.74) is 3.90. The normalized spacial score (nSPS) is 10.1. The molecular formula is C20H21N5OS. The molecule has 1 aromatic carbocycles. The van der Waals surface area contributed by atoms with Gasteiger partial charge in [-0.3, -0.25) is 4.79 Å². The van der Waals surface area contributed by atoms with Crippen molar-refractivity contribution in [2.24, 2.45) is 0 Å². The van der Waals surface area contributed by atoms with E-state index in [1.54, 1.807) is 18.7 Å². The quantitative estimate of drug-likeness (QED) is 0.562. The Labute approximate surface area is 163 Å². The van der Waals surface area contributed by atoms with Crippen LogP contribution < -0.4 is 4.90 Å². The molecule has 2 rings (SSSR count). The van der Waals surface area contributed by atoms with Crippen molar-refractivity contribution in [3.05, 3.63) is 46.4 Å². The third-order valence-electron chi connectivity index (χ3n) is 3.88. The number of hydrogen-bond donors (Lipinski definition) is 0. The van der Waals surface area contributed by atoms with Gasteiger partial charge in [-0.25, -0.2) is 9.97 Å². The minimum Gasteiger partial charge on any atom is -0.311 e. The molecule has 6 nitrogen and oxygen atoms in total. The summed E-state index contributed by atoms with van der Waals surface area (Å²) in [6.07, 6.45) is 0.249. The van der Waals surface area contributed by atoms with Gasteiger partial charge in [0.05, 0.1) is 23.9 Å². The third-order valence-corrected chi connectivity index (χ3v) is 4.84. The summed E-state index contributed by atoms with van der Waals surface area (Å²) < 4.78 is 0. The lowest BCUT2D eigenvalue weighted by atomic mass is 10.1. The van der Waals surface area contributed by atoms with E-state index >= 15 is 0 Å². The summed E-state index contributed by atoms with van der Waals surface area (Å²) >= 11 is 1.23. The first-order chi connectivity index (χ1) is 12.8. The Morgan fingerprint density at radius 3 is 2.37 bits per heavy atom. The van der Waals surface area contributed by atoms with Gasteiger partial charge in [-0.05, 0) is 51.0 Å². The number of nitriles is 2. The number of nitrogens with zero attached hydrogens (tertiary/aromatic N) is 5. The molecule has 1 heterocycles. The smallest absolute Gasteiger partial charge is 0.237 e. The van der Waals surface area contributed by atoms with Crippen molar-refractivity contribution in [3.63, 3.8) is 0 Å². The molecule has 0 spiro atoms. The van der Waals surface area contributed by atoms with Gasteiger partial charge in [-0.15, -0.1) is 0 Å². The molecule has 0 aliphatic carbocycles. The molecule has 0 aliphatic rings. The number of anilines is 1. The number of carbonyl (C=O) groups excluding carboxylic acids is 1. The number of aromatic nitrogens is 2. The van der Waals surface area contributed by atoms with Crippen molar-refractivity contribution in [2.75, 3.05) is 17.2 Å². The second-order valence-corrected chi connectivity index (χ2v) is 7.20. The van der Waals surface area contributed by atoms with Crippen molar-refractivity contribution in [1.29, 1.82) is 10.5 Å². The number of benzene rings is 1. The van der Waals surface area contributed by atoms with E-state index in [2.05, 4.69) is 22.1 Å². The van der Waals surface area contributed by atoms with E-state index in [0.717, 1.165) is 16.8 Å². The van der Waals surface area contributed by atoms with E-state index in [0.29, 0.717) is 28.7 Å². The molecule has 0 unspecified atom stereocenters. The van der Waals surface area contributed by atoms with Crippen LogP contribution in [0.2, 0.25) is 0 Å². The minimum atomic E-state index is -0.127. The first-order valence-corrected chi connectivity index (χ1v) is 9.48. The molecule has 0 N–H and O–H groups in total. The van der Waals surface area contributed by atoms with Crippen molar-refractivity contribution in [2.45, 2.75) is 39.1 Å². The molecule has 2 aromatic rings.